The van der Waals surface area contributed by atoms with Gasteiger partial charge in [0.2, 0.25) is 5.91 Å². The van der Waals surface area contributed by atoms with Crippen molar-refractivity contribution in [3.8, 4) is 0 Å². The molecule has 0 spiro atoms. The molecule has 7 heteroatoms. The van der Waals surface area contributed by atoms with Crippen LogP contribution in [0.25, 0.3) is 0 Å². The lowest BCUT2D eigenvalue weighted by Crippen LogP contribution is -2.49. The van der Waals surface area contributed by atoms with Gasteiger partial charge in [0.05, 0.1) is 6.54 Å². The number of para-hydroxylation sites is 1. The fraction of sp³-hybridized carbons (Fsp3) is 0.476. The zero-order valence-electron chi connectivity index (χ0n) is 16.4. The van der Waals surface area contributed by atoms with Crippen molar-refractivity contribution in [3.63, 3.8) is 0 Å². The summed E-state index contributed by atoms with van der Waals surface area (Å²) in [6.45, 7) is 7.73. The summed E-state index contributed by atoms with van der Waals surface area (Å²) in [4.78, 5) is 26.0. The van der Waals surface area contributed by atoms with Crippen LogP contribution in [0.1, 0.15) is 35.7 Å². The maximum absolute atomic E-state index is 12.5. The Balaban J connectivity index is 1.32. The number of nitrogens with zero attached hydrogens (tertiary/aromatic N) is 4. The van der Waals surface area contributed by atoms with Crippen molar-refractivity contribution in [2.45, 2.75) is 32.6 Å². The predicted molar refractivity (Wildman–Crippen MR) is 112 cm³/mol. The first-order chi connectivity index (χ1) is 13.5. The van der Waals surface area contributed by atoms with Gasteiger partial charge in [-0.15, -0.1) is 0 Å². The third-order valence-electron chi connectivity index (χ3n) is 5.45. The molecular weight excluding hydrogens is 374 g/mol. The number of anilines is 2. The van der Waals surface area contributed by atoms with Gasteiger partial charge >= 0.3 is 0 Å². The van der Waals surface area contributed by atoms with Crippen molar-refractivity contribution in [2.75, 3.05) is 42.9 Å². The number of hydrogen-bond donors (Lipinski definition) is 1. The van der Waals surface area contributed by atoms with Crippen LogP contribution in [0.15, 0.2) is 24.3 Å². The van der Waals surface area contributed by atoms with E-state index in [0.717, 1.165) is 67.5 Å². The van der Waals surface area contributed by atoms with Crippen LogP contribution in [0.2, 0.25) is 5.15 Å². The number of benzene rings is 1. The molecule has 2 heterocycles. The van der Waals surface area contributed by atoms with E-state index < -0.39 is 0 Å². The minimum absolute atomic E-state index is 0.0342. The predicted octanol–water partition coefficient (Wildman–Crippen LogP) is 3.38. The van der Waals surface area contributed by atoms with Gasteiger partial charge in [-0.1, -0.05) is 29.8 Å². The highest BCUT2D eigenvalue weighted by atomic mass is 35.5. The lowest BCUT2D eigenvalue weighted by molar-refractivity contribution is -0.117. The average molecular weight is 400 g/mol. The number of hydrogen-bond acceptors (Lipinski definition) is 5. The number of carbonyl (C=O) groups excluding carboxylic acids is 1. The first kappa shape index (κ1) is 19.2. The smallest absolute Gasteiger partial charge is 0.238 e. The molecule has 0 unspecified atom stereocenters. The van der Waals surface area contributed by atoms with Crippen molar-refractivity contribution in [3.05, 3.63) is 46.4 Å². The van der Waals surface area contributed by atoms with E-state index >= 15 is 0 Å². The van der Waals surface area contributed by atoms with Crippen molar-refractivity contribution in [2.24, 2.45) is 0 Å². The van der Waals surface area contributed by atoms with Gasteiger partial charge in [0, 0.05) is 43.9 Å². The third kappa shape index (κ3) is 4.45. The molecule has 2 fully saturated rings. The second-order valence-electron chi connectivity index (χ2n) is 7.76. The lowest BCUT2D eigenvalue weighted by Gasteiger charge is -2.35. The fourth-order valence-corrected chi connectivity index (χ4v) is 3.82. The maximum Gasteiger partial charge on any atom is 0.238 e. The summed E-state index contributed by atoms with van der Waals surface area (Å²) < 4.78 is 0. The Morgan fingerprint density at radius 2 is 1.82 bits per heavy atom. The van der Waals surface area contributed by atoms with Gasteiger partial charge in [-0.3, -0.25) is 9.69 Å². The SMILES string of the molecule is Cc1cccc(C)c1NC(=O)CN1CCN(c2cc(Cl)nc(C3CC3)n2)CC1. The number of piperazine rings is 1. The number of aryl methyl sites for hydroxylation is 2. The molecule has 2 aliphatic rings. The first-order valence-corrected chi connectivity index (χ1v) is 10.3. The molecule has 0 radical (unpaired) electrons. The van der Waals surface area contributed by atoms with Crippen molar-refractivity contribution in [1.82, 2.24) is 14.9 Å². The van der Waals surface area contributed by atoms with Crippen LogP contribution < -0.4 is 10.2 Å². The van der Waals surface area contributed by atoms with E-state index in [0.29, 0.717) is 17.6 Å². The Bertz CT molecular complexity index is 855. The van der Waals surface area contributed by atoms with Crippen LogP contribution in [0.4, 0.5) is 11.5 Å². The number of rotatable bonds is 5. The van der Waals surface area contributed by atoms with Crippen LogP contribution >= 0.6 is 11.6 Å². The summed E-state index contributed by atoms with van der Waals surface area (Å²) in [6.07, 6.45) is 2.31. The van der Waals surface area contributed by atoms with Crippen molar-refractivity contribution < 1.29 is 4.79 Å². The summed E-state index contributed by atoms with van der Waals surface area (Å²) in [5.41, 5.74) is 3.10. The Morgan fingerprint density at radius 3 is 2.46 bits per heavy atom. The quantitative estimate of drug-likeness (QED) is 0.781. The molecule has 2 aromatic rings. The van der Waals surface area contributed by atoms with Gasteiger partial charge in [0.25, 0.3) is 0 Å². The summed E-state index contributed by atoms with van der Waals surface area (Å²) >= 11 is 6.20. The Morgan fingerprint density at radius 1 is 1.14 bits per heavy atom. The molecule has 1 N–H and O–H groups in total. The van der Waals surface area contributed by atoms with Crippen LogP contribution in [0.3, 0.4) is 0 Å². The highest BCUT2D eigenvalue weighted by molar-refractivity contribution is 6.29. The van der Waals surface area contributed by atoms with Gasteiger partial charge in [0.15, 0.2) is 0 Å². The van der Waals surface area contributed by atoms with Crippen LogP contribution in [0.5, 0.6) is 0 Å². The second kappa shape index (κ2) is 8.05. The molecular formula is C21H26ClN5O. The molecule has 28 heavy (non-hydrogen) atoms. The van der Waals surface area contributed by atoms with E-state index in [2.05, 4.69) is 20.1 Å². The minimum atomic E-state index is 0.0342. The Kier molecular flexibility index (Phi) is 5.51. The molecule has 1 aliphatic carbocycles. The van der Waals surface area contributed by atoms with E-state index in [4.69, 9.17) is 16.6 Å². The number of halogens is 1. The van der Waals surface area contributed by atoms with E-state index in [1.165, 1.54) is 0 Å². The van der Waals surface area contributed by atoms with E-state index in [1.54, 1.807) is 0 Å². The summed E-state index contributed by atoms with van der Waals surface area (Å²) in [6, 6.07) is 7.89. The molecule has 1 amide bonds. The van der Waals surface area contributed by atoms with Crippen LogP contribution in [-0.2, 0) is 4.79 Å². The molecule has 1 saturated heterocycles. The zero-order chi connectivity index (χ0) is 19.7. The van der Waals surface area contributed by atoms with Gasteiger partial charge in [-0.25, -0.2) is 9.97 Å². The first-order valence-electron chi connectivity index (χ1n) is 9.87. The summed E-state index contributed by atoms with van der Waals surface area (Å²) in [7, 11) is 0. The largest absolute Gasteiger partial charge is 0.354 e. The molecule has 1 aromatic heterocycles. The minimum Gasteiger partial charge on any atom is -0.354 e. The molecule has 6 nitrogen and oxygen atoms in total. The highest BCUT2D eigenvalue weighted by Crippen LogP contribution is 2.39. The molecule has 1 aromatic carbocycles. The third-order valence-corrected chi connectivity index (χ3v) is 5.64. The summed E-state index contributed by atoms with van der Waals surface area (Å²) in [5, 5.41) is 3.59. The lowest BCUT2D eigenvalue weighted by atomic mass is 10.1. The van der Waals surface area contributed by atoms with Gasteiger partial charge in [0.1, 0.15) is 16.8 Å². The molecule has 1 saturated carbocycles. The summed E-state index contributed by atoms with van der Waals surface area (Å²) in [5.74, 6) is 2.29. The zero-order valence-corrected chi connectivity index (χ0v) is 17.2. The normalized spacial score (nSPS) is 17.6. The Labute approximate surface area is 170 Å². The Hall–Kier alpha value is -2.18. The van der Waals surface area contributed by atoms with Gasteiger partial charge in [-0.05, 0) is 37.8 Å². The molecule has 148 valence electrons. The molecule has 1 aliphatic heterocycles. The van der Waals surface area contributed by atoms with Crippen molar-refractivity contribution >= 4 is 29.0 Å². The van der Waals surface area contributed by atoms with E-state index in [1.807, 2.05) is 38.1 Å². The van der Waals surface area contributed by atoms with Crippen molar-refractivity contribution in [1.29, 1.82) is 0 Å². The standard InChI is InChI=1S/C21H26ClN5O/c1-14-4-3-5-15(2)20(14)25-19(28)13-26-8-10-27(11-9-26)18-12-17(22)23-21(24-18)16-6-7-16/h3-5,12,16H,6-11,13H2,1-2H3,(H,25,28). The van der Waals surface area contributed by atoms with Gasteiger partial charge < -0.3 is 10.2 Å². The number of nitrogens with one attached hydrogen (secondary N) is 1. The molecule has 0 atom stereocenters. The highest BCUT2D eigenvalue weighted by Gasteiger charge is 2.28. The van der Waals surface area contributed by atoms with Crippen LogP contribution in [-0.4, -0.2) is 53.5 Å². The number of amides is 1. The van der Waals surface area contributed by atoms with Crippen LogP contribution in [0, 0.1) is 13.8 Å². The number of carbonyl (C=O) groups is 1. The average Bonchev–Trinajstić information content (AvgIpc) is 3.50. The monoisotopic (exact) mass is 399 g/mol. The topological polar surface area (TPSA) is 61.4 Å². The van der Waals surface area contributed by atoms with Gasteiger partial charge in [-0.2, -0.15) is 0 Å². The molecule has 0 bridgehead atoms. The number of aromatic nitrogens is 2. The molecule has 4 rings (SSSR count). The maximum atomic E-state index is 12.5. The fourth-order valence-electron chi connectivity index (χ4n) is 3.64. The second-order valence-corrected chi connectivity index (χ2v) is 8.15. The van der Waals surface area contributed by atoms with E-state index in [9.17, 15) is 4.79 Å². The van der Waals surface area contributed by atoms with E-state index in [-0.39, 0.29) is 5.91 Å².